The number of nitriles is 1. The van der Waals surface area contributed by atoms with E-state index in [0.717, 1.165) is 22.4 Å². The standard InChI is InChI=1S/C27H26ClN3O4S/c1-16-3-4-18(12-24(16)35-22-11-19(15-29)10-20(28)14-22)13-25(32)30-23-6-5-21(9-17(23)2)31-7-8-36-27(34)26(31)33/h3-6,9-12,14H,7-8,13H2,1-2H3,36H4,(H,30,32). The second kappa shape index (κ2) is 10.9. The lowest BCUT2D eigenvalue weighted by Crippen LogP contribution is -2.41. The van der Waals surface area contributed by atoms with E-state index in [1.165, 1.54) is 4.90 Å². The van der Waals surface area contributed by atoms with Gasteiger partial charge in [0, 0.05) is 22.9 Å². The Labute approximate surface area is 218 Å². The Balaban J connectivity index is 1.45. The molecule has 1 N–H and O–H groups in total. The van der Waals surface area contributed by atoms with E-state index < -0.39 is 17.7 Å². The van der Waals surface area contributed by atoms with E-state index in [1.807, 2.05) is 38.1 Å². The second-order valence-corrected chi connectivity index (χ2v) is 11.0. The Hall–Kier alpha value is -3.80. The zero-order valence-corrected chi connectivity index (χ0v) is 22.1. The summed E-state index contributed by atoms with van der Waals surface area (Å²) in [6.07, 6.45) is 0.126. The number of anilines is 2. The SMILES string of the molecule is Cc1cc(N2CC[SH4]C(=O)C2=O)ccc1NC(=O)Cc1ccc(C)c(Oc2cc(Cl)cc(C#N)c2)c1. The normalized spacial score (nSPS) is 13.6. The lowest BCUT2D eigenvalue weighted by Gasteiger charge is -2.27. The number of ether oxygens (including phenoxy) is 1. The first-order chi connectivity index (χ1) is 17.2. The predicted octanol–water partition coefficient (Wildman–Crippen LogP) is 4.34. The van der Waals surface area contributed by atoms with E-state index >= 15 is 0 Å². The monoisotopic (exact) mass is 523 g/mol. The molecule has 3 aromatic rings. The number of nitrogens with one attached hydrogen (secondary N) is 1. The lowest BCUT2D eigenvalue weighted by atomic mass is 10.1. The fourth-order valence-corrected chi connectivity index (χ4v) is 5.44. The summed E-state index contributed by atoms with van der Waals surface area (Å²) in [5.41, 5.74) is 4.12. The molecule has 9 heteroatoms. The highest BCUT2D eigenvalue weighted by Gasteiger charge is 2.26. The van der Waals surface area contributed by atoms with Crippen LogP contribution in [0.2, 0.25) is 5.02 Å². The number of benzene rings is 3. The van der Waals surface area contributed by atoms with Gasteiger partial charge in [-0.2, -0.15) is 5.26 Å². The average Bonchev–Trinajstić information content (AvgIpc) is 2.84. The van der Waals surface area contributed by atoms with Crippen molar-refractivity contribution in [3.05, 3.63) is 81.9 Å². The van der Waals surface area contributed by atoms with E-state index in [9.17, 15) is 14.4 Å². The van der Waals surface area contributed by atoms with Crippen molar-refractivity contribution in [2.75, 3.05) is 22.5 Å². The van der Waals surface area contributed by atoms with E-state index in [-0.39, 0.29) is 17.4 Å². The molecule has 1 heterocycles. The van der Waals surface area contributed by atoms with Crippen LogP contribution in [0.5, 0.6) is 11.5 Å². The minimum absolute atomic E-state index is 0.126. The third-order valence-electron chi connectivity index (χ3n) is 5.91. The minimum atomic E-state index is -0.955. The smallest absolute Gasteiger partial charge is 0.301 e. The van der Waals surface area contributed by atoms with Crippen molar-refractivity contribution < 1.29 is 19.1 Å². The molecule has 1 fully saturated rings. The maximum Gasteiger partial charge on any atom is 0.301 e. The van der Waals surface area contributed by atoms with E-state index in [2.05, 4.69) is 5.32 Å². The van der Waals surface area contributed by atoms with Gasteiger partial charge in [-0.1, -0.05) is 23.7 Å². The van der Waals surface area contributed by atoms with Gasteiger partial charge >= 0.3 is 5.91 Å². The highest BCUT2D eigenvalue weighted by Crippen LogP contribution is 2.30. The molecule has 0 saturated carbocycles. The summed E-state index contributed by atoms with van der Waals surface area (Å²) in [7, 11) is 0. The highest BCUT2D eigenvalue weighted by atomic mass is 35.5. The Bertz CT molecular complexity index is 1420. The minimum Gasteiger partial charge on any atom is -0.457 e. The molecule has 1 saturated heterocycles. The summed E-state index contributed by atoms with van der Waals surface area (Å²) in [5.74, 6) is 1.15. The number of carbonyl (C=O) groups excluding carboxylic acids is 3. The number of hydrogen-bond donors (Lipinski definition) is 1. The maximum absolute atomic E-state index is 12.8. The van der Waals surface area contributed by atoms with Gasteiger partial charge in [-0.05, 0) is 78.8 Å². The van der Waals surface area contributed by atoms with Gasteiger partial charge in [0.1, 0.15) is 11.5 Å². The first-order valence-electron chi connectivity index (χ1n) is 11.5. The molecule has 4 rings (SSSR count). The van der Waals surface area contributed by atoms with Gasteiger partial charge in [-0.15, -0.1) is 0 Å². The molecular weight excluding hydrogens is 498 g/mol. The zero-order chi connectivity index (χ0) is 25.8. The molecule has 2 amide bonds. The maximum atomic E-state index is 12.8. The molecule has 3 aromatic carbocycles. The van der Waals surface area contributed by atoms with Crippen LogP contribution in [0.4, 0.5) is 11.4 Å². The van der Waals surface area contributed by atoms with Crippen LogP contribution in [0.3, 0.4) is 0 Å². The summed E-state index contributed by atoms with van der Waals surface area (Å²) in [6.45, 7) is 4.30. The van der Waals surface area contributed by atoms with Crippen LogP contribution in [0.25, 0.3) is 0 Å². The number of aryl methyl sites for hydroxylation is 2. The van der Waals surface area contributed by atoms with Crippen molar-refractivity contribution in [3.63, 3.8) is 0 Å². The summed E-state index contributed by atoms with van der Waals surface area (Å²) in [5, 5.41) is 12.2. The molecule has 0 aromatic heterocycles. The Kier molecular flexibility index (Phi) is 7.63. The second-order valence-electron chi connectivity index (χ2n) is 8.70. The van der Waals surface area contributed by atoms with Crippen LogP contribution >= 0.6 is 23.4 Å². The first kappa shape index (κ1) is 25.3. The number of hydrogen-bond acceptors (Lipinski definition) is 5. The van der Waals surface area contributed by atoms with E-state index in [0.29, 0.717) is 40.0 Å². The number of carbonyl (C=O) groups is 3. The van der Waals surface area contributed by atoms with Gasteiger partial charge in [-0.3, -0.25) is 14.4 Å². The lowest BCUT2D eigenvalue weighted by molar-refractivity contribution is -0.131. The van der Waals surface area contributed by atoms with Crippen LogP contribution in [0, 0.1) is 25.2 Å². The van der Waals surface area contributed by atoms with Crippen LogP contribution < -0.4 is 15.0 Å². The van der Waals surface area contributed by atoms with Crippen LogP contribution in [0.15, 0.2) is 54.6 Å². The summed E-state index contributed by atoms with van der Waals surface area (Å²) in [4.78, 5) is 38.4. The number of halogens is 1. The number of amides is 2. The van der Waals surface area contributed by atoms with Crippen LogP contribution in [0.1, 0.15) is 22.3 Å². The van der Waals surface area contributed by atoms with Gasteiger partial charge in [0.25, 0.3) is 0 Å². The molecule has 0 aliphatic carbocycles. The van der Waals surface area contributed by atoms with Crippen molar-refractivity contribution >= 4 is 51.7 Å². The van der Waals surface area contributed by atoms with Crippen molar-refractivity contribution in [2.24, 2.45) is 0 Å². The van der Waals surface area contributed by atoms with Gasteiger partial charge in [-0.25, -0.2) is 11.8 Å². The number of rotatable bonds is 6. The third-order valence-corrected chi connectivity index (χ3v) is 7.56. The molecule has 0 bridgehead atoms. The number of nitrogens with zero attached hydrogens (tertiary/aromatic N) is 2. The van der Waals surface area contributed by atoms with Crippen LogP contribution in [-0.2, 0) is 20.8 Å². The largest absolute Gasteiger partial charge is 0.457 e. The highest BCUT2D eigenvalue weighted by molar-refractivity contribution is 8.15. The van der Waals surface area contributed by atoms with E-state index in [4.69, 9.17) is 21.6 Å². The van der Waals surface area contributed by atoms with Crippen LogP contribution in [-0.4, -0.2) is 29.2 Å². The zero-order valence-electron chi connectivity index (χ0n) is 19.9. The fraction of sp³-hybridized carbons (Fsp3) is 0.185. The van der Waals surface area contributed by atoms with Gasteiger partial charge in [0.15, 0.2) is 0 Å². The Morgan fingerprint density at radius 3 is 2.67 bits per heavy atom. The summed E-state index contributed by atoms with van der Waals surface area (Å²) < 4.78 is 5.96. The molecule has 0 atom stereocenters. The fourth-order valence-electron chi connectivity index (χ4n) is 4.02. The average molecular weight is 524 g/mol. The van der Waals surface area contributed by atoms with Gasteiger partial charge in [0.05, 0.1) is 18.1 Å². The molecule has 36 heavy (non-hydrogen) atoms. The first-order valence-corrected chi connectivity index (χ1v) is 13.6. The van der Waals surface area contributed by atoms with Crippen molar-refractivity contribution in [1.29, 1.82) is 5.26 Å². The van der Waals surface area contributed by atoms with Crippen molar-refractivity contribution in [3.8, 4) is 17.6 Å². The van der Waals surface area contributed by atoms with E-state index in [1.54, 1.807) is 36.4 Å². The van der Waals surface area contributed by atoms with Crippen molar-refractivity contribution in [2.45, 2.75) is 20.3 Å². The Morgan fingerprint density at radius 2 is 1.92 bits per heavy atom. The molecule has 186 valence electrons. The quantitative estimate of drug-likeness (QED) is 0.484. The molecule has 7 nitrogen and oxygen atoms in total. The molecule has 0 radical (unpaired) electrons. The molecule has 1 aliphatic rings. The summed E-state index contributed by atoms with van der Waals surface area (Å²) in [6, 6.07) is 17.7. The predicted molar refractivity (Wildman–Crippen MR) is 146 cm³/mol. The Morgan fingerprint density at radius 1 is 1.11 bits per heavy atom. The third kappa shape index (κ3) is 5.88. The molecule has 0 unspecified atom stereocenters. The molecule has 0 spiro atoms. The molecule has 1 aliphatic heterocycles. The topological polar surface area (TPSA) is 99.5 Å². The van der Waals surface area contributed by atoms with Gasteiger partial charge < -0.3 is 15.0 Å². The molecular formula is C27H26ClN3O4S. The van der Waals surface area contributed by atoms with Crippen molar-refractivity contribution in [1.82, 2.24) is 0 Å². The van der Waals surface area contributed by atoms with Gasteiger partial charge in [0.2, 0.25) is 11.0 Å². The summed E-state index contributed by atoms with van der Waals surface area (Å²) >= 11 is 5.12.